The van der Waals surface area contributed by atoms with Crippen LogP contribution in [0, 0.1) is 0 Å². The smallest absolute Gasteiger partial charge is 0.462 e. The van der Waals surface area contributed by atoms with E-state index in [1.54, 1.807) is 0 Å². The summed E-state index contributed by atoms with van der Waals surface area (Å²) in [6.45, 7) is 4.67. The van der Waals surface area contributed by atoms with E-state index >= 15 is 0 Å². The van der Waals surface area contributed by atoms with Crippen LogP contribution in [0.2, 0.25) is 0 Å². The molecular weight excluding hydrogens is 1230 g/mol. The molecule has 17 nitrogen and oxygen atoms in total. The Morgan fingerprint density at radius 1 is 0.309 bits per heavy atom. The van der Waals surface area contributed by atoms with Gasteiger partial charge >= 0.3 is 39.5 Å². The number of aliphatic hydroxyl groups excluding tert-OH is 1. The predicted octanol–water partition coefficient (Wildman–Crippen LogP) is 20.9. The van der Waals surface area contributed by atoms with Crippen molar-refractivity contribution < 1.29 is 80.2 Å². The van der Waals surface area contributed by atoms with Crippen molar-refractivity contribution in [3.05, 3.63) is 72.9 Å². The van der Waals surface area contributed by atoms with Crippen molar-refractivity contribution in [3.8, 4) is 0 Å². The molecule has 546 valence electrons. The first-order chi connectivity index (χ1) is 45.7. The lowest BCUT2D eigenvalue weighted by molar-refractivity contribution is -0.161. The van der Waals surface area contributed by atoms with E-state index < -0.39 is 97.5 Å². The molecule has 0 aliphatic carbocycles. The molecule has 0 heterocycles. The molecule has 0 aromatic carbocycles. The van der Waals surface area contributed by atoms with Gasteiger partial charge in [-0.05, 0) is 83.5 Å². The normalized spacial score (nSPS) is 14.4. The Hall–Kier alpha value is -3.50. The van der Waals surface area contributed by atoms with E-state index in [1.165, 1.54) is 122 Å². The molecule has 19 heteroatoms. The van der Waals surface area contributed by atoms with Gasteiger partial charge in [-0.15, -0.1) is 0 Å². The van der Waals surface area contributed by atoms with Crippen LogP contribution in [-0.2, 0) is 65.4 Å². The maximum atomic E-state index is 13.0. The van der Waals surface area contributed by atoms with Crippen LogP contribution in [0.1, 0.15) is 323 Å². The first-order valence-corrected chi connectivity index (χ1v) is 40.2. The van der Waals surface area contributed by atoms with E-state index in [-0.39, 0.29) is 25.7 Å². The Morgan fingerprint density at radius 3 is 0.936 bits per heavy atom. The maximum Gasteiger partial charge on any atom is 0.472 e. The van der Waals surface area contributed by atoms with Gasteiger partial charge in [0.2, 0.25) is 0 Å². The molecule has 0 aromatic heterocycles. The third kappa shape index (κ3) is 67.1. The first-order valence-electron chi connectivity index (χ1n) is 37.2. The van der Waals surface area contributed by atoms with Gasteiger partial charge in [0.25, 0.3) is 0 Å². The molecule has 0 bridgehead atoms. The lowest BCUT2D eigenvalue weighted by Gasteiger charge is -2.21. The molecule has 3 N–H and O–H groups in total. The minimum Gasteiger partial charge on any atom is -0.462 e. The number of ether oxygens (including phenoxy) is 4. The Labute approximate surface area is 571 Å². The summed E-state index contributed by atoms with van der Waals surface area (Å²) in [6.07, 6.45) is 66.3. The quantitative estimate of drug-likeness (QED) is 0.0169. The fraction of sp³-hybridized carbons (Fsp3) is 0.787. The zero-order valence-corrected chi connectivity index (χ0v) is 61.2. The number of hydrogen-bond acceptors (Lipinski definition) is 15. The van der Waals surface area contributed by atoms with E-state index in [2.05, 4.69) is 88.5 Å². The minimum absolute atomic E-state index is 0.0743. The summed E-state index contributed by atoms with van der Waals surface area (Å²) in [4.78, 5) is 72.6. The fourth-order valence-corrected chi connectivity index (χ4v) is 11.6. The van der Waals surface area contributed by atoms with E-state index in [4.69, 9.17) is 37.0 Å². The summed E-state index contributed by atoms with van der Waals surface area (Å²) in [5.74, 6) is -2.23. The van der Waals surface area contributed by atoms with Gasteiger partial charge in [-0.1, -0.05) is 287 Å². The number of rotatable bonds is 70. The summed E-state index contributed by atoms with van der Waals surface area (Å²) in [6, 6.07) is 0. The number of allylic oxidation sites excluding steroid dienone is 12. The van der Waals surface area contributed by atoms with Gasteiger partial charge in [-0.3, -0.25) is 37.3 Å². The Kier molecular flexibility index (Phi) is 65.5. The minimum atomic E-state index is -4.98. The largest absolute Gasteiger partial charge is 0.472 e. The fourth-order valence-electron chi connectivity index (χ4n) is 10.0. The average Bonchev–Trinajstić information content (AvgIpc) is 1.32. The van der Waals surface area contributed by atoms with Gasteiger partial charge in [0.15, 0.2) is 12.2 Å². The number of hydrogen-bond donors (Lipinski definition) is 3. The molecule has 0 saturated carbocycles. The molecule has 0 radical (unpaired) electrons. The molecule has 0 spiro atoms. The monoisotopic (exact) mass is 1370 g/mol. The van der Waals surface area contributed by atoms with E-state index in [0.717, 1.165) is 116 Å². The summed E-state index contributed by atoms with van der Waals surface area (Å²) in [7, 11) is -9.94. The maximum absolute atomic E-state index is 13.0. The molecule has 0 rings (SSSR count). The van der Waals surface area contributed by atoms with Crippen LogP contribution in [0.5, 0.6) is 0 Å². The van der Waals surface area contributed by atoms with Crippen molar-refractivity contribution in [2.45, 2.75) is 341 Å². The third-order valence-electron chi connectivity index (χ3n) is 15.7. The molecule has 0 aliphatic heterocycles. The SMILES string of the molecule is CC/C=C\C/C=C\C/C=C\C/C=C\C/C=C\CCCC(=O)OCC(COP(=O)(O)OCC(O)COP(=O)(O)OCC(COC(=O)CCCCCCCCCCCCCCCCC)OC(=O)CCCCCCCCCCCCC)OC(=O)CCCCCCC/C=C\CCCC. The van der Waals surface area contributed by atoms with E-state index in [0.29, 0.717) is 32.1 Å². The van der Waals surface area contributed by atoms with Gasteiger partial charge < -0.3 is 33.8 Å². The lowest BCUT2D eigenvalue weighted by atomic mass is 10.0. The van der Waals surface area contributed by atoms with Crippen LogP contribution in [0.25, 0.3) is 0 Å². The van der Waals surface area contributed by atoms with Gasteiger partial charge in [-0.2, -0.15) is 0 Å². The molecule has 5 atom stereocenters. The van der Waals surface area contributed by atoms with Gasteiger partial charge in [0.1, 0.15) is 19.3 Å². The van der Waals surface area contributed by atoms with Crippen LogP contribution in [0.15, 0.2) is 72.9 Å². The molecule has 0 aromatic rings. The summed E-state index contributed by atoms with van der Waals surface area (Å²) < 4.78 is 68.3. The summed E-state index contributed by atoms with van der Waals surface area (Å²) in [5.41, 5.74) is 0. The Bertz CT molecular complexity index is 2070. The molecule has 5 unspecified atom stereocenters. The topological polar surface area (TPSA) is 237 Å². The second-order valence-electron chi connectivity index (χ2n) is 24.9. The van der Waals surface area contributed by atoms with Crippen molar-refractivity contribution in [1.82, 2.24) is 0 Å². The molecule has 0 amide bonds. The van der Waals surface area contributed by atoms with E-state index in [1.807, 2.05) is 12.2 Å². The lowest BCUT2D eigenvalue weighted by Crippen LogP contribution is -2.30. The highest BCUT2D eigenvalue weighted by Gasteiger charge is 2.30. The molecular formula is C75H134O17P2. The van der Waals surface area contributed by atoms with Crippen LogP contribution in [0.4, 0.5) is 0 Å². The molecule has 0 saturated heterocycles. The Balaban J connectivity index is 5.31. The highest BCUT2D eigenvalue weighted by Crippen LogP contribution is 2.45. The van der Waals surface area contributed by atoms with Gasteiger partial charge in [0, 0.05) is 25.7 Å². The zero-order chi connectivity index (χ0) is 69.0. The van der Waals surface area contributed by atoms with Gasteiger partial charge in [0.05, 0.1) is 26.4 Å². The number of aliphatic hydroxyl groups is 1. The number of unbranched alkanes of at least 4 members (excludes halogenated alkanes) is 32. The highest BCUT2D eigenvalue weighted by molar-refractivity contribution is 7.47. The summed E-state index contributed by atoms with van der Waals surface area (Å²) >= 11 is 0. The highest BCUT2D eigenvalue weighted by atomic mass is 31.2. The van der Waals surface area contributed by atoms with Crippen molar-refractivity contribution >= 4 is 39.5 Å². The van der Waals surface area contributed by atoms with Crippen molar-refractivity contribution in [2.24, 2.45) is 0 Å². The van der Waals surface area contributed by atoms with Crippen molar-refractivity contribution in [1.29, 1.82) is 0 Å². The third-order valence-corrected chi connectivity index (χ3v) is 17.6. The van der Waals surface area contributed by atoms with Crippen LogP contribution in [0.3, 0.4) is 0 Å². The van der Waals surface area contributed by atoms with Crippen molar-refractivity contribution in [3.63, 3.8) is 0 Å². The number of carbonyl (C=O) groups excluding carboxylic acids is 4. The molecule has 0 aliphatic rings. The average molecular weight is 1370 g/mol. The number of phosphoric ester groups is 2. The second-order valence-corrected chi connectivity index (χ2v) is 27.8. The summed E-state index contributed by atoms with van der Waals surface area (Å²) in [5, 5.41) is 10.6. The standard InChI is InChI=1S/C75H134O17P2/c1-5-9-13-17-21-25-29-31-33-34-36-38-42-44-48-52-56-60-73(78)86-66-71(92-75(80)62-58-54-50-46-40-28-24-20-16-12-8-4)68-90-94(83,84)88-64-69(76)63-87-93(81,82)89-67-70(91-74(79)61-57-53-49-45-39-27-23-19-15-11-7-3)65-85-72(77)59-55-51-47-43-41-37-35-32-30-26-22-18-14-10-6-2/h9,13,20-21,24-25,31,33,36,38,44,48,69-71,76H,5-8,10-12,14-19,22-23,26-30,32,34-35,37,39-43,45-47,49-68H2,1-4H3,(H,81,82)(H,83,84)/b13-9-,24-20-,25-21-,33-31-,38-36-,48-44-. The second kappa shape index (κ2) is 68.0. The number of carbonyl (C=O) groups is 4. The molecule has 0 fully saturated rings. The number of esters is 4. The first kappa shape index (κ1) is 90.5. The zero-order valence-electron chi connectivity index (χ0n) is 59.4. The van der Waals surface area contributed by atoms with Crippen molar-refractivity contribution in [2.75, 3.05) is 39.6 Å². The van der Waals surface area contributed by atoms with Crippen LogP contribution in [-0.4, -0.2) is 96.7 Å². The van der Waals surface area contributed by atoms with Gasteiger partial charge in [-0.25, -0.2) is 9.13 Å². The predicted molar refractivity (Wildman–Crippen MR) is 381 cm³/mol. The van der Waals surface area contributed by atoms with Crippen LogP contribution < -0.4 is 0 Å². The number of phosphoric acid groups is 2. The van der Waals surface area contributed by atoms with Crippen LogP contribution >= 0.6 is 15.6 Å². The van der Waals surface area contributed by atoms with E-state index in [9.17, 15) is 43.2 Å². The molecule has 94 heavy (non-hydrogen) atoms. The Morgan fingerprint density at radius 2 is 0.574 bits per heavy atom.